The first-order valence-corrected chi connectivity index (χ1v) is 6.94. The second kappa shape index (κ2) is 11.3. The molecule has 0 spiro atoms. The zero-order chi connectivity index (χ0) is 15.4. The van der Waals surface area contributed by atoms with Crippen LogP contribution in [-0.4, -0.2) is 35.7 Å². The predicted octanol–water partition coefficient (Wildman–Crippen LogP) is 2.30. The van der Waals surface area contributed by atoms with Gasteiger partial charge in [0.1, 0.15) is 12.7 Å². The summed E-state index contributed by atoms with van der Waals surface area (Å²) in [6, 6.07) is 0. The number of ether oxygens (including phenoxy) is 2. The van der Waals surface area contributed by atoms with Crippen LogP contribution in [0, 0.1) is 0 Å². The van der Waals surface area contributed by atoms with Gasteiger partial charge in [0.15, 0.2) is 0 Å². The molecule has 6 heteroatoms. The second-order valence-corrected chi connectivity index (χ2v) is 4.73. The number of hydrogen-bond donors (Lipinski definition) is 1. The van der Waals surface area contributed by atoms with Gasteiger partial charge in [-0.05, 0) is 19.3 Å². The van der Waals surface area contributed by atoms with Gasteiger partial charge in [-0.15, -0.1) is 0 Å². The molecular formula is C14H24O6. The van der Waals surface area contributed by atoms with Crippen LogP contribution in [0.1, 0.15) is 58.8 Å². The number of carboxylic acid groups (broad SMARTS) is 1. The fraction of sp³-hybridized carbons (Fsp3) is 0.786. The molecule has 0 saturated heterocycles. The van der Waals surface area contributed by atoms with Gasteiger partial charge in [-0.1, -0.05) is 19.3 Å². The minimum Gasteiger partial charge on any atom is -0.481 e. The third-order valence-corrected chi connectivity index (χ3v) is 2.72. The number of carboxylic acids is 1. The SMILES string of the molecule is CC(=O)OCC(CCCCCCCC(=O)O)OC(C)=O. The molecule has 20 heavy (non-hydrogen) atoms. The quantitative estimate of drug-likeness (QED) is 0.463. The van der Waals surface area contributed by atoms with E-state index in [9.17, 15) is 14.4 Å². The Labute approximate surface area is 119 Å². The molecule has 1 atom stereocenters. The molecule has 0 amide bonds. The van der Waals surface area contributed by atoms with Gasteiger partial charge in [-0.2, -0.15) is 0 Å². The molecule has 0 aliphatic rings. The number of unbranched alkanes of at least 4 members (excludes halogenated alkanes) is 4. The van der Waals surface area contributed by atoms with Crippen LogP contribution < -0.4 is 0 Å². The van der Waals surface area contributed by atoms with Crippen molar-refractivity contribution in [3.05, 3.63) is 0 Å². The van der Waals surface area contributed by atoms with E-state index in [-0.39, 0.29) is 19.0 Å². The van der Waals surface area contributed by atoms with Gasteiger partial charge >= 0.3 is 17.9 Å². The van der Waals surface area contributed by atoms with Crippen LogP contribution >= 0.6 is 0 Å². The van der Waals surface area contributed by atoms with Crippen LogP contribution in [0.15, 0.2) is 0 Å². The molecule has 0 bridgehead atoms. The van der Waals surface area contributed by atoms with Gasteiger partial charge in [0.2, 0.25) is 0 Å². The second-order valence-electron chi connectivity index (χ2n) is 4.73. The highest BCUT2D eigenvalue weighted by atomic mass is 16.6. The molecule has 1 N–H and O–H groups in total. The van der Waals surface area contributed by atoms with E-state index in [1.165, 1.54) is 13.8 Å². The summed E-state index contributed by atoms with van der Waals surface area (Å²) in [5.74, 6) is -1.54. The Morgan fingerprint density at radius 2 is 1.55 bits per heavy atom. The van der Waals surface area contributed by atoms with E-state index in [2.05, 4.69) is 0 Å². The van der Waals surface area contributed by atoms with E-state index in [0.29, 0.717) is 12.8 Å². The molecule has 0 aliphatic heterocycles. The monoisotopic (exact) mass is 288 g/mol. The van der Waals surface area contributed by atoms with Crippen molar-refractivity contribution in [2.75, 3.05) is 6.61 Å². The molecule has 0 aromatic rings. The lowest BCUT2D eigenvalue weighted by Crippen LogP contribution is -2.23. The molecule has 116 valence electrons. The van der Waals surface area contributed by atoms with E-state index in [1.807, 2.05) is 0 Å². The minimum atomic E-state index is -0.763. The molecule has 0 fully saturated rings. The number of carbonyl (C=O) groups is 3. The maximum atomic E-state index is 10.9. The Morgan fingerprint density at radius 3 is 2.10 bits per heavy atom. The lowest BCUT2D eigenvalue weighted by atomic mass is 10.1. The molecule has 1 unspecified atom stereocenters. The Morgan fingerprint density at radius 1 is 0.950 bits per heavy atom. The maximum absolute atomic E-state index is 10.9. The van der Waals surface area contributed by atoms with Gasteiger partial charge in [0.05, 0.1) is 0 Å². The Kier molecular flexibility index (Phi) is 10.4. The summed E-state index contributed by atoms with van der Waals surface area (Å²) in [4.78, 5) is 32.0. The molecule has 0 aromatic heterocycles. The zero-order valence-electron chi connectivity index (χ0n) is 12.2. The minimum absolute atomic E-state index is 0.0912. The number of hydrogen-bond acceptors (Lipinski definition) is 5. The predicted molar refractivity (Wildman–Crippen MR) is 72.1 cm³/mol. The van der Waals surface area contributed by atoms with E-state index in [0.717, 1.165) is 25.7 Å². The Hall–Kier alpha value is -1.59. The normalized spacial score (nSPS) is 11.7. The highest BCUT2D eigenvalue weighted by Gasteiger charge is 2.13. The van der Waals surface area contributed by atoms with E-state index in [1.54, 1.807) is 0 Å². The maximum Gasteiger partial charge on any atom is 0.303 e. The Balaban J connectivity index is 3.70. The molecule has 0 aliphatic carbocycles. The summed E-state index contributed by atoms with van der Waals surface area (Å²) in [6.45, 7) is 2.73. The lowest BCUT2D eigenvalue weighted by molar-refractivity contribution is -0.156. The standard InChI is InChI=1S/C14H24O6/c1-11(15)19-10-13(20-12(2)16)8-6-4-3-5-7-9-14(17)18/h13H,3-10H2,1-2H3,(H,17,18). The van der Waals surface area contributed by atoms with Gasteiger partial charge < -0.3 is 14.6 Å². The van der Waals surface area contributed by atoms with Crippen LogP contribution in [-0.2, 0) is 23.9 Å². The third-order valence-electron chi connectivity index (χ3n) is 2.72. The van der Waals surface area contributed by atoms with Gasteiger partial charge in [-0.25, -0.2) is 0 Å². The first-order valence-electron chi connectivity index (χ1n) is 6.94. The van der Waals surface area contributed by atoms with Gasteiger partial charge in [0, 0.05) is 20.3 Å². The van der Waals surface area contributed by atoms with Gasteiger partial charge in [-0.3, -0.25) is 14.4 Å². The van der Waals surface area contributed by atoms with Crippen molar-refractivity contribution in [2.24, 2.45) is 0 Å². The van der Waals surface area contributed by atoms with Crippen molar-refractivity contribution in [2.45, 2.75) is 64.9 Å². The number of aliphatic carboxylic acids is 1. The molecule has 0 aromatic carbocycles. The van der Waals surface area contributed by atoms with E-state index in [4.69, 9.17) is 14.6 Å². The number of esters is 2. The molecule has 0 heterocycles. The first kappa shape index (κ1) is 18.4. The van der Waals surface area contributed by atoms with Crippen molar-refractivity contribution in [3.8, 4) is 0 Å². The highest BCUT2D eigenvalue weighted by molar-refractivity contribution is 5.67. The summed E-state index contributed by atoms with van der Waals surface area (Å²) in [5, 5.41) is 8.49. The average molecular weight is 288 g/mol. The summed E-state index contributed by atoms with van der Waals surface area (Å²) in [5.41, 5.74) is 0. The summed E-state index contributed by atoms with van der Waals surface area (Å²) >= 11 is 0. The molecule has 6 nitrogen and oxygen atoms in total. The Bertz CT molecular complexity index is 313. The van der Waals surface area contributed by atoms with Gasteiger partial charge in [0.25, 0.3) is 0 Å². The largest absolute Gasteiger partial charge is 0.481 e. The van der Waals surface area contributed by atoms with Crippen LogP contribution in [0.4, 0.5) is 0 Å². The highest BCUT2D eigenvalue weighted by Crippen LogP contribution is 2.11. The first-order chi connectivity index (χ1) is 9.41. The van der Waals surface area contributed by atoms with Crippen molar-refractivity contribution in [3.63, 3.8) is 0 Å². The van der Waals surface area contributed by atoms with Crippen LogP contribution in [0.2, 0.25) is 0 Å². The van der Waals surface area contributed by atoms with Crippen LogP contribution in [0.3, 0.4) is 0 Å². The van der Waals surface area contributed by atoms with Crippen molar-refractivity contribution in [1.82, 2.24) is 0 Å². The molecule has 0 radical (unpaired) electrons. The number of rotatable bonds is 11. The van der Waals surface area contributed by atoms with Crippen LogP contribution in [0.5, 0.6) is 0 Å². The fourth-order valence-corrected chi connectivity index (χ4v) is 1.80. The lowest BCUT2D eigenvalue weighted by Gasteiger charge is -2.16. The van der Waals surface area contributed by atoms with Crippen molar-refractivity contribution < 1.29 is 29.0 Å². The van der Waals surface area contributed by atoms with Crippen molar-refractivity contribution >= 4 is 17.9 Å². The van der Waals surface area contributed by atoms with E-state index < -0.39 is 18.0 Å². The topological polar surface area (TPSA) is 89.9 Å². The molecule has 0 saturated carbocycles. The van der Waals surface area contributed by atoms with Crippen LogP contribution in [0.25, 0.3) is 0 Å². The van der Waals surface area contributed by atoms with E-state index >= 15 is 0 Å². The van der Waals surface area contributed by atoms with Crippen molar-refractivity contribution in [1.29, 1.82) is 0 Å². The summed E-state index contributed by atoms with van der Waals surface area (Å²) in [7, 11) is 0. The summed E-state index contributed by atoms with van der Waals surface area (Å²) in [6.07, 6.45) is 4.78. The third kappa shape index (κ3) is 12.9. The summed E-state index contributed by atoms with van der Waals surface area (Å²) < 4.78 is 9.91. The molecule has 0 rings (SSSR count). The smallest absolute Gasteiger partial charge is 0.303 e. The average Bonchev–Trinajstić information content (AvgIpc) is 2.33. The molecular weight excluding hydrogens is 264 g/mol. The fourth-order valence-electron chi connectivity index (χ4n) is 1.80. The number of carbonyl (C=O) groups excluding carboxylic acids is 2. The zero-order valence-corrected chi connectivity index (χ0v) is 12.2.